The van der Waals surface area contributed by atoms with Gasteiger partial charge in [-0.15, -0.1) is 0 Å². The molecule has 0 aromatic heterocycles. The van der Waals surface area contributed by atoms with Crippen molar-refractivity contribution in [3.63, 3.8) is 0 Å². The highest BCUT2D eigenvalue weighted by atomic mass is 16.5. The summed E-state index contributed by atoms with van der Waals surface area (Å²) in [6.07, 6.45) is 3.73. The standard InChI is InChI=1S/C20H32N2O2.C2H2O4/c1-3-21-13-15-22(16-14-21)12-4-5-17-24-20-10-8-19(9-11-20)7-6-18(2)23;3-1(4)2(5)6/h8-11H,3-7,12-17H2,1-2H3;(H,3,4)(H,5,6). The van der Waals surface area contributed by atoms with Crippen LogP contribution in [0.1, 0.15) is 38.7 Å². The van der Waals surface area contributed by atoms with Gasteiger partial charge in [-0.2, -0.15) is 0 Å². The second kappa shape index (κ2) is 14.5. The molecule has 0 saturated carbocycles. The molecule has 1 heterocycles. The summed E-state index contributed by atoms with van der Waals surface area (Å²) < 4.78 is 5.82. The van der Waals surface area contributed by atoms with Gasteiger partial charge in [0.1, 0.15) is 11.5 Å². The maximum absolute atomic E-state index is 11.0. The number of unbranched alkanes of at least 4 members (excludes halogenated alkanes) is 1. The van der Waals surface area contributed by atoms with E-state index < -0.39 is 11.9 Å². The highest BCUT2D eigenvalue weighted by Gasteiger charge is 2.14. The van der Waals surface area contributed by atoms with Gasteiger partial charge in [0, 0.05) is 32.6 Å². The predicted octanol–water partition coefficient (Wildman–Crippen LogP) is 2.16. The van der Waals surface area contributed by atoms with Gasteiger partial charge in [0.15, 0.2) is 0 Å². The van der Waals surface area contributed by atoms with E-state index in [9.17, 15) is 4.79 Å². The SMILES string of the molecule is CCN1CCN(CCCCOc2ccc(CCC(C)=O)cc2)CC1.O=C(O)C(=O)O. The smallest absolute Gasteiger partial charge is 0.414 e. The molecular formula is C22H34N2O6. The van der Waals surface area contributed by atoms with Crippen LogP contribution >= 0.6 is 0 Å². The average molecular weight is 423 g/mol. The second-order valence-corrected chi connectivity index (χ2v) is 7.29. The number of rotatable bonds is 10. The van der Waals surface area contributed by atoms with Gasteiger partial charge < -0.3 is 29.5 Å². The zero-order chi connectivity index (χ0) is 22.4. The van der Waals surface area contributed by atoms with Crippen LogP contribution in [-0.2, 0) is 20.8 Å². The Bertz CT molecular complexity index is 642. The summed E-state index contributed by atoms with van der Waals surface area (Å²) in [5.74, 6) is -2.48. The van der Waals surface area contributed by atoms with Crippen LogP contribution in [0, 0.1) is 0 Å². The number of carbonyl (C=O) groups excluding carboxylic acids is 1. The molecule has 0 atom stereocenters. The molecule has 8 nitrogen and oxygen atoms in total. The number of hydrogen-bond donors (Lipinski definition) is 2. The topological polar surface area (TPSA) is 107 Å². The second-order valence-electron chi connectivity index (χ2n) is 7.29. The number of ether oxygens (including phenoxy) is 1. The van der Waals surface area contributed by atoms with Gasteiger partial charge in [-0.1, -0.05) is 19.1 Å². The lowest BCUT2D eigenvalue weighted by Crippen LogP contribution is -2.46. The molecule has 0 bridgehead atoms. The van der Waals surface area contributed by atoms with Crippen molar-refractivity contribution in [1.82, 2.24) is 9.80 Å². The minimum Gasteiger partial charge on any atom is -0.494 e. The third-order valence-corrected chi connectivity index (χ3v) is 4.92. The monoisotopic (exact) mass is 422 g/mol. The molecule has 168 valence electrons. The van der Waals surface area contributed by atoms with Crippen molar-refractivity contribution < 1.29 is 29.3 Å². The summed E-state index contributed by atoms with van der Waals surface area (Å²) >= 11 is 0. The molecule has 0 amide bonds. The Hall–Kier alpha value is -2.45. The minimum atomic E-state index is -1.82. The largest absolute Gasteiger partial charge is 0.494 e. The molecule has 1 saturated heterocycles. The van der Waals surface area contributed by atoms with Gasteiger partial charge in [0.25, 0.3) is 0 Å². The Morgan fingerprint density at radius 3 is 2.00 bits per heavy atom. The van der Waals surface area contributed by atoms with E-state index >= 15 is 0 Å². The van der Waals surface area contributed by atoms with Crippen LogP contribution in [0.5, 0.6) is 5.75 Å². The van der Waals surface area contributed by atoms with E-state index in [1.807, 2.05) is 12.1 Å². The summed E-state index contributed by atoms with van der Waals surface area (Å²) in [6, 6.07) is 8.15. The lowest BCUT2D eigenvalue weighted by Gasteiger charge is -2.33. The van der Waals surface area contributed by atoms with E-state index in [-0.39, 0.29) is 5.78 Å². The first-order valence-corrected chi connectivity index (χ1v) is 10.4. The van der Waals surface area contributed by atoms with E-state index in [0.717, 1.165) is 25.2 Å². The van der Waals surface area contributed by atoms with E-state index in [0.29, 0.717) is 6.42 Å². The number of benzene rings is 1. The van der Waals surface area contributed by atoms with Crippen molar-refractivity contribution in [3.8, 4) is 5.75 Å². The number of carboxylic acid groups (broad SMARTS) is 2. The third-order valence-electron chi connectivity index (χ3n) is 4.92. The molecule has 2 N–H and O–H groups in total. The number of aliphatic carboxylic acids is 2. The first-order chi connectivity index (χ1) is 14.3. The first kappa shape index (κ1) is 25.6. The number of likely N-dealkylation sites (N-methyl/N-ethyl adjacent to an activating group) is 1. The summed E-state index contributed by atoms with van der Waals surface area (Å²) in [7, 11) is 0. The van der Waals surface area contributed by atoms with E-state index in [1.54, 1.807) is 6.92 Å². The zero-order valence-electron chi connectivity index (χ0n) is 18.0. The summed E-state index contributed by atoms with van der Waals surface area (Å²) in [4.78, 5) is 34.3. The lowest BCUT2D eigenvalue weighted by atomic mass is 10.1. The Kier molecular flexibility index (Phi) is 12.4. The Labute approximate surface area is 178 Å². The fourth-order valence-electron chi connectivity index (χ4n) is 3.03. The maximum atomic E-state index is 11.0. The Morgan fingerprint density at radius 2 is 1.50 bits per heavy atom. The first-order valence-electron chi connectivity index (χ1n) is 10.4. The van der Waals surface area contributed by atoms with Crippen molar-refractivity contribution >= 4 is 17.7 Å². The molecule has 0 aliphatic carbocycles. The van der Waals surface area contributed by atoms with E-state index in [4.69, 9.17) is 24.5 Å². The maximum Gasteiger partial charge on any atom is 0.414 e. The number of carboxylic acids is 2. The number of Topliss-reactive ketones (excluding diaryl/α,β-unsaturated/α-hetero) is 1. The fourth-order valence-corrected chi connectivity index (χ4v) is 3.03. The van der Waals surface area contributed by atoms with Gasteiger partial charge in [-0.05, 0) is 57.0 Å². The number of carbonyl (C=O) groups is 3. The van der Waals surface area contributed by atoms with Gasteiger partial charge >= 0.3 is 11.9 Å². The molecule has 1 aromatic carbocycles. The number of piperazine rings is 1. The highest BCUT2D eigenvalue weighted by molar-refractivity contribution is 6.27. The molecule has 0 radical (unpaired) electrons. The number of nitrogens with zero attached hydrogens (tertiary/aromatic N) is 2. The van der Waals surface area contributed by atoms with Crippen LogP contribution in [0.4, 0.5) is 0 Å². The minimum absolute atomic E-state index is 0.242. The van der Waals surface area contributed by atoms with Gasteiger partial charge in [-0.3, -0.25) is 0 Å². The number of hydrogen-bond acceptors (Lipinski definition) is 6. The van der Waals surface area contributed by atoms with Crippen LogP contribution in [0.3, 0.4) is 0 Å². The van der Waals surface area contributed by atoms with E-state index in [1.165, 1.54) is 51.3 Å². The molecule has 8 heteroatoms. The Morgan fingerprint density at radius 1 is 0.933 bits per heavy atom. The van der Waals surface area contributed by atoms with Crippen molar-refractivity contribution in [1.29, 1.82) is 0 Å². The normalized spacial score (nSPS) is 14.5. The Balaban J connectivity index is 0.000000656. The summed E-state index contributed by atoms with van der Waals surface area (Å²) in [5, 5.41) is 14.8. The summed E-state index contributed by atoms with van der Waals surface area (Å²) in [5.41, 5.74) is 1.20. The molecule has 2 rings (SSSR count). The quantitative estimate of drug-likeness (QED) is 0.436. The molecular weight excluding hydrogens is 388 g/mol. The van der Waals surface area contributed by atoms with Crippen LogP contribution in [0.25, 0.3) is 0 Å². The number of ketones is 1. The van der Waals surface area contributed by atoms with Crippen molar-refractivity contribution in [3.05, 3.63) is 29.8 Å². The molecule has 1 aliphatic rings. The van der Waals surface area contributed by atoms with Gasteiger partial charge in [0.05, 0.1) is 6.61 Å². The highest BCUT2D eigenvalue weighted by Crippen LogP contribution is 2.14. The van der Waals surface area contributed by atoms with Crippen LogP contribution in [0.15, 0.2) is 24.3 Å². The average Bonchev–Trinajstić information content (AvgIpc) is 2.73. The van der Waals surface area contributed by atoms with Crippen molar-refractivity contribution in [2.75, 3.05) is 45.9 Å². The fraction of sp³-hybridized carbons (Fsp3) is 0.591. The third kappa shape index (κ3) is 11.5. The molecule has 0 unspecified atom stereocenters. The molecule has 1 fully saturated rings. The van der Waals surface area contributed by atoms with Gasteiger partial charge in [-0.25, -0.2) is 9.59 Å². The van der Waals surface area contributed by atoms with Gasteiger partial charge in [0.2, 0.25) is 0 Å². The van der Waals surface area contributed by atoms with Crippen molar-refractivity contribution in [2.45, 2.75) is 39.5 Å². The number of aryl methyl sites for hydroxylation is 1. The van der Waals surface area contributed by atoms with E-state index in [2.05, 4.69) is 28.9 Å². The zero-order valence-corrected chi connectivity index (χ0v) is 18.0. The summed E-state index contributed by atoms with van der Waals surface area (Å²) in [6.45, 7) is 11.9. The van der Waals surface area contributed by atoms with Crippen LogP contribution < -0.4 is 4.74 Å². The van der Waals surface area contributed by atoms with Crippen molar-refractivity contribution in [2.24, 2.45) is 0 Å². The van der Waals surface area contributed by atoms with Crippen LogP contribution in [0.2, 0.25) is 0 Å². The molecule has 30 heavy (non-hydrogen) atoms. The molecule has 1 aliphatic heterocycles. The lowest BCUT2D eigenvalue weighted by molar-refractivity contribution is -0.159. The molecule has 1 aromatic rings. The molecule has 0 spiro atoms. The van der Waals surface area contributed by atoms with Crippen LogP contribution in [-0.4, -0.2) is 83.6 Å². The predicted molar refractivity (Wildman–Crippen MR) is 114 cm³/mol.